The minimum atomic E-state index is -0.484. The molecule has 1 aliphatic heterocycles. The van der Waals surface area contributed by atoms with Gasteiger partial charge in [-0.05, 0) is 31.4 Å². The number of amides is 1. The van der Waals surface area contributed by atoms with Gasteiger partial charge in [0.2, 0.25) is 0 Å². The lowest BCUT2D eigenvalue weighted by molar-refractivity contribution is -0.904. The number of quaternary nitrogens is 1. The molecule has 1 saturated heterocycles. The Kier molecular flexibility index (Phi) is 5.05. The van der Waals surface area contributed by atoms with Crippen LogP contribution < -0.4 is 10.2 Å². The summed E-state index contributed by atoms with van der Waals surface area (Å²) in [6.07, 6.45) is 2.33. The highest BCUT2D eigenvalue weighted by atomic mass is 16.5. The van der Waals surface area contributed by atoms with Crippen LogP contribution in [-0.2, 0) is 9.53 Å². The fourth-order valence-electron chi connectivity index (χ4n) is 4.04. The number of H-pyrrole nitrogens is 1. The van der Waals surface area contributed by atoms with Gasteiger partial charge in [0.05, 0.1) is 25.9 Å². The first-order valence-corrected chi connectivity index (χ1v) is 9.14. The van der Waals surface area contributed by atoms with E-state index in [-0.39, 0.29) is 11.3 Å². The van der Waals surface area contributed by atoms with Crippen molar-refractivity contribution >= 4 is 28.5 Å². The maximum Gasteiger partial charge on any atom is 0.356 e. The SMILES string of the molecule is COC(=O)c1[nH]c2cccc(C)c2c1NC(=O)C[NH+]1CCCC(C)(C)C1. The third kappa shape index (κ3) is 3.75. The predicted octanol–water partition coefficient (Wildman–Crippen LogP) is 1.91. The summed E-state index contributed by atoms with van der Waals surface area (Å²) in [4.78, 5) is 29.2. The summed E-state index contributed by atoms with van der Waals surface area (Å²) < 4.78 is 4.88. The first-order chi connectivity index (χ1) is 12.3. The quantitative estimate of drug-likeness (QED) is 0.731. The van der Waals surface area contributed by atoms with Crippen LogP contribution >= 0.6 is 0 Å². The Morgan fingerprint density at radius 2 is 2.12 bits per heavy atom. The number of hydrogen-bond acceptors (Lipinski definition) is 3. The van der Waals surface area contributed by atoms with Crippen molar-refractivity contribution in [3.63, 3.8) is 0 Å². The first-order valence-electron chi connectivity index (χ1n) is 9.14. The second-order valence-electron chi connectivity index (χ2n) is 8.03. The molecule has 0 spiro atoms. The van der Waals surface area contributed by atoms with E-state index in [1.165, 1.54) is 18.4 Å². The lowest BCUT2D eigenvalue weighted by Crippen LogP contribution is -3.15. The fourth-order valence-corrected chi connectivity index (χ4v) is 4.04. The van der Waals surface area contributed by atoms with E-state index < -0.39 is 5.97 Å². The lowest BCUT2D eigenvalue weighted by Gasteiger charge is -2.34. The zero-order valence-electron chi connectivity index (χ0n) is 16.0. The van der Waals surface area contributed by atoms with Gasteiger partial charge in [-0.25, -0.2) is 4.79 Å². The number of methoxy groups -OCH3 is 1. The summed E-state index contributed by atoms with van der Waals surface area (Å²) in [6.45, 7) is 8.86. The van der Waals surface area contributed by atoms with E-state index in [4.69, 9.17) is 4.74 Å². The van der Waals surface area contributed by atoms with Crippen LogP contribution in [0.15, 0.2) is 18.2 Å². The van der Waals surface area contributed by atoms with Crippen molar-refractivity contribution in [3.8, 4) is 0 Å². The summed E-state index contributed by atoms with van der Waals surface area (Å²) >= 11 is 0. The number of piperidine rings is 1. The van der Waals surface area contributed by atoms with Gasteiger partial charge in [-0.1, -0.05) is 26.0 Å². The Morgan fingerprint density at radius 1 is 1.35 bits per heavy atom. The summed E-state index contributed by atoms with van der Waals surface area (Å²) in [6, 6.07) is 5.77. The van der Waals surface area contributed by atoms with Crippen molar-refractivity contribution in [2.75, 3.05) is 32.1 Å². The molecule has 26 heavy (non-hydrogen) atoms. The van der Waals surface area contributed by atoms with Crippen molar-refractivity contribution in [1.29, 1.82) is 0 Å². The van der Waals surface area contributed by atoms with Crippen molar-refractivity contribution in [2.24, 2.45) is 5.41 Å². The molecule has 0 radical (unpaired) electrons. The fraction of sp³-hybridized carbons (Fsp3) is 0.500. The number of benzene rings is 1. The normalized spacial score (nSPS) is 19.3. The Bertz CT molecular complexity index is 838. The monoisotopic (exact) mass is 358 g/mol. The molecule has 140 valence electrons. The molecule has 1 fully saturated rings. The highest BCUT2D eigenvalue weighted by Gasteiger charge is 2.31. The van der Waals surface area contributed by atoms with Crippen LogP contribution in [0.1, 0.15) is 42.7 Å². The average Bonchev–Trinajstić information content (AvgIpc) is 2.93. The number of carbonyl (C=O) groups is 2. The van der Waals surface area contributed by atoms with Crippen LogP contribution in [0.3, 0.4) is 0 Å². The Balaban J connectivity index is 1.85. The van der Waals surface area contributed by atoms with Gasteiger partial charge in [-0.15, -0.1) is 0 Å². The van der Waals surface area contributed by atoms with Gasteiger partial charge in [-0.2, -0.15) is 0 Å². The van der Waals surface area contributed by atoms with Crippen LogP contribution in [0.2, 0.25) is 0 Å². The molecule has 2 aromatic rings. The van der Waals surface area contributed by atoms with E-state index in [9.17, 15) is 9.59 Å². The molecule has 6 heteroatoms. The van der Waals surface area contributed by atoms with Crippen molar-refractivity contribution in [2.45, 2.75) is 33.6 Å². The van der Waals surface area contributed by atoms with Gasteiger partial charge in [0, 0.05) is 16.3 Å². The van der Waals surface area contributed by atoms with E-state index in [1.807, 2.05) is 25.1 Å². The zero-order valence-corrected chi connectivity index (χ0v) is 16.0. The molecule has 3 rings (SSSR count). The molecule has 1 atom stereocenters. The number of esters is 1. The van der Waals surface area contributed by atoms with Crippen molar-refractivity contribution < 1.29 is 19.2 Å². The molecule has 1 aromatic heterocycles. The van der Waals surface area contributed by atoms with Gasteiger partial charge in [0.15, 0.2) is 6.54 Å². The number of ether oxygens (including phenoxy) is 1. The number of likely N-dealkylation sites (tertiary alicyclic amines) is 1. The molecule has 0 bridgehead atoms. The van der Waals surface area contributed by atoms with E-state index in [0.717, 1.165) is 36.0 Å². The highest BCUT2D eigenvalue weighted by molar-refractivity contribution is 6.12. The number of aromatic nitrogens is 1. The van der Waals surface area contributed by atoms with Gasteiger partial charge in [0.25, 0.3) is 5.91 Å². The van der Waals surface area contributed by atoms with Crippen molar-refractivity contribution in [3.05, 3.63) is 29.5 Å². The maximum absolute atomic E-state index is 12.7. The largest absolute Gasteiger partial charge is 0.464 e. The standard InChI is InChI=1S/C20H27N3O3/c1-13-7-5-8-14-16(13)17(18(21-14)19(25)26-4)22-15(24)11-23-10-6-9-20(2,3)12-23/h5,7-8,21H,6,9-12H2,1-4H3,(H,22,24)/p+1. The third-order valence-corrected chi connectivity index (χ3v) is 5.21. The van der Waals surface area contributed by atoms with E-state index >= 15 is 0 Å². The van der Waals surface area contributed by atoms with Gasteiger partial charge >= 0.3 is 5.97 Å². The Morgan fingerprint density at radius 3 is 2.81 bits per heavy atom. The van der Waals surface area contributed by atoms with Gasteiger partial charge in [0.1, 0.15) is 5.69 Å². The van der Waals surface area contributed by atoms with Gasteiger partial charge < -0.3 is 19.9 Å². The summed E-state index contributed by atoms with van der Waals surface area (Å²) in [5, 5.41) is 3.83. The van der Waals surface area contributed by atoms with Crippen LogP contribution in [0, 0.1) is 12.3 Å². The average molecular weight is 358 g/mol. The Hall–Kier alpha value is -2.34. The number of fused-ring (bicyclic) bond motifs is 1. The number of nitrogens with one attached hydrogen (secondary N) is 3. The number of anilines is 1. The number of carbonyl (C=O) groups excluding carboxylic acids is 2. The lowest BCUT2D eigenvalue weighted by atomic mass is 9.84. The zero-order chi connectivity index (χ0) is 18.9. The smallest absolute Gasteiger partial charge is 0.356 e. The molecule has 0 aliphatic carbocycles. The van der Waals surface area contributed by atoms with E-state index in [2.05, 4.69) is 24.1 Å². The topological polar surface area (TPSA) is 75.6 Å². The molecule has 0 saturated carbocycles. The van der Waals surface area contributed by atoms with Gasteiger partial charge in [-0.3, -0.25) is 4.79 Å². The third-order valence-electron chi connectivity index (χ3n) is 5.21. The molecular formula is C20H28N3O3+. The summed E-state index contributed by atoms with van der Waals surface area (Å²) in [5.41, 5.74) is 2.88. The molecule has 1 aromatic carbocycles. The molecule has 3 N–H and O–H groups in total. The highest BCUT2D eigenvalue weighted by Crippen LogP contribution is 2.31. The van der Waals surface area contributed by atoms with Crippen LogP contribution in [0.4, 0.5) is 5.69 Å². The molecule has 1 unspecified atom stereocenters. The summed E-state index contributed by atoms with van der Waals surface area (Å²) in [5.74, 6) is -0.561. The molecule has 6 nitrogen and oxygen atoms in total. The van der Waals surface area contributed by atoms with E-state index in [1.54, 1.807) is 0 Å². The summed E-state index contributed by atoms with van der Waals surface area (Å²) in [7, 11) is 1.34. The first kappa shape index (κ1) is 18.5. The van der Waals surface area contributed by atoms with Crippen LogP contribution in [-0.4, -0.2) is 43.6 Å². The van der Waals surface area contributed by atoms with E-state index in [0.29, 0.717) is 17.9 Å². The second-order valence-corrected chi connectivity index (χ2v) is 8.03. The maximum atomic E-state index is 12.7. The minimum Gasteiger partial charge on any atom is -0.464 e. The molecule has 1 amide bonds. The van der Waals surface area contributed by atoms with Crippen LogP contribution in [0.5, 0.6) is 0 Å². The number of rotatable bonds is 4. The second kappa shape index (κ2) is 7.11. The van der Waals surface area contributed by atoms with Crippen molar-refractivity contribution in [1.82, 2.24) is 4.98 Å². The number of aromatic amines is 1. The molecule has 2 heterocycles. The molecular weight excluding hydrogens is 330 g/mol. The van der Waals surface area contributed by atoms with Crippen LogP contribution in [0.25, 0.3) is 10.9 Å². The number of aryl methyl sites for hydroxylation is 1. The Labute approximate surface area is 153 Å². The predicted molar refractivity (Wildman–Crippen MR) is 102 cm³/mol. The number of hydrogen-bond donors (Lipinski definition) is 3. The minimum absolute atomic E-state index is 0.0768. The molecule has 1 aliphatic rings.